The molecule has 0 fully saturated rings. The van der Waals surface area contributed by atoms with E-state index < -0.39 is 0 Å². The molecule has 0 radical (unpaired) electrons. The molecule has 0 aliphatic rings. The first-order valence-electron chi connectivity index (χ1n) is 6.62. The number of hydrogen-bond acceptors (Lipinski definition) is 5. The molecule has 1 rings (SSSR count). The van der Waals surface area contributed by atoms with Crippen molar-refractivity contribution in [3.63, 3.8) is 0 Å². The minimum atomic E-state index is 0.204. The van der Waals surface area contributed by atoms with E-state index in [9.17, 15) is 0 Å². The van der Waals surface area contributed by atoms with Crippen molar-refractivity contribution in [2.45, 2.75) is 39.7 Å². The molecule has 5 heteroatoms. The first-order valence-corrected chi connectivity index (χ1v) is 6.62. The van der Waals surface area contributed by atoms with Crippen molar-refractivity contribution in [3.8, 4) is 0 Å². The maximum Gasteiger partial charge on any atom is 0.134 e. The SMILES string of the molecule is CCCNc1cc(N(CCCO)C(C)C)ncn1. The third-order valence-electron chi connectivity index (χ3n) is 2.68. The van der Waals surface area contributed by atoms with Crippen molar-refractivity contribution in [1.82, 2.24) is 9.97 Å². The lowest BCUT2D eigenvalue weighted by molar-refractivity contribution is 0.288. The predicted octanol–water partition coefficient (Wildman–Crippen LogP) is 1.90. The number of hydrogen-bond donors (Lipinski definition) is 2. The minimum absolute atomic E-state index is 0.204. The second-order valence-corrected chi connectivity index (χ2v) is 4.55. The average Bonchev–Trinajstić information content (AvgIpc) is 2.37. The number of aliphatic hydroxyl groups excluding tert-OH is 1. The summed E-state index contributed by atoms with van der Waals surface area (Å²) < 4.78 is 0. The van der Waals surface area contributed by atoms with Gasteiger partial charge in [-0.1, -0.05) is 6.92 Å². The fraction of sp³-hybridized carbons (Fsp3) is 0.692. The molecule has 18 heavy (non-hydrogen) atoms. The van der Waals surface area contributed by atoms with Crippen molar-refractivity contribution in [1.29, 1.82) is 0 Å². The molecule has 0 aliphatic carbocycles. The first kappa shape index (κ1) is 14.7. The normalized spacial score (nSPS) is 10.7. The molecule has 0 unspecified atom stereocenters. The van der Waals surface area contributed by atoms with E-state index in [1.807, 2.05) is 6.07 Å². The lowest BCUT2D eigenvalue weighted by Crippen LogP contribution is -2.33. The van der Waals surface area contributed by atoms with Crippen LogP contribution in [0.25, 0.3) is 0 Å². The second-order valence-electron chi connectivity index (χ2n) is 4.55. The largest absolute Gasteiger partial charge is 0.396 e. The molecule has 1 heterocycles. The summed E-state index contributed by atoms with van der Waals surface area (Å²) in [5.41, 5.74) is 0. The average molecular weight is 252 g/mol. The fourth-order valence-corrected chi connectivity index (χ4v) is 1.73. The molecule has 0 atom stereocenters. The van der Waals surface area contributed by atoms with E-state index in [0.29, 0.717) is 6.04 Å². The highest BCUT2D eigenvalue weighted by molar-refractivity contribution is 5.48. The monoisotopic (exact) mass is 252 g/mol. The standard InChI is InChI=1S/C13H24N4O/c1-4-6-14-12-9-13(16-10-15-12)17(11(2)3)7-5-8-18/h9-11,18H,4-8H2,1-3H3,(H,14,15,16). The van der Waals surface area contributed by atoms with E-state index in [1.165, 1.54) is 0 Å². The van der Waals surface area contributed by atoms with E-state index in [2.05, 4.69) is 41.0 Å². The van der Waals surface area contributed by atoms with Crippen molar-refractivity contribution < 1.29 is 5.11 Å². The van der Waals surface area contributed by atoms with Crippen molar-refractivity contribution >= 4 is 11.6 Å². The smallest absolute Gasteiger partial charge is 0.134 e. The van der Waals surface area contributed by atoms with Crippen LogP contribution in [0.3, 0.4) is 0 Å². The van der Waals surface area contributed by atoms with Crippen molar-refractivity contribution in [2.75, 3.05) is 29.9 Å². The third kappa shape index (κ3) is 4.49. The van der Waals surface area contributed by atoms with Crippen LogP contribution < -0.4 is 10.2 Å². The maximum absolute atomic E-state index is 8.94. The van der Waals surface area contributed by atoms with Gasteiger partial charge < -0.3 is 15.3 Å². The Bertz CT molecular complexity index is 344. The quantitative estimate of drug-likeness (QED) is 0.740. The van der Waals surface area contributed by atoms with Crippen LogP contribution in [0, 0.1) is 0 Å². The van der Waals surface area contributed by atoms with Gasteiger partial charge in [0, 0.05) is 31.8 Å². The summed E-state index contributed by atoms with van der Waals surface area (Å²) in [6.45, 7) is 8.29. The molecule has 0 aromatic carbocycles. The highest BCUT2D eigenvalue weighted by Gasteiger charge is 2.12. The lowest BCUT2D eigenvalue weighted by atomic mass is 10.3. The zero-order valence-electron chi connectivity index (χ0n) is 11.6. The number of nitrogens with one attached hydrogen (secondary N) is 1. The third-order valence-corrected chi connectivity index (χ3v) is 2.68. The molecule has 1 aromatic heterocycles. The molecule has 0 bridgehead atoms. The summed E-state index contributed by atoms with van der Waals surface area (Å²) in [5, 5.41) is 12.2. The van der Waals surface area contributed by atoms with E-state index >= 15 is 0 Å². The van der Waals surface area contributed by atoms with Gasteiger partial charge in [-0.15, -0.1) is 0 Å². The Morgan fingerprint density at radius 2 is 2.17 bits per heavy atom. The summed E-state index contributed by atoms with van der Waals surface area (Å²) >= 11 is 0. The predicted molar refractivity (Wildman–Crippen MR) is 75.0 cm³/mol. The number of nitrogens with zero attached hydrogens (tertiary/aromatic N) is 3. The van der Waals surface area contributed by atoms with Crippen LogP contribution in [0.5, 0.6) is 0 Å². The van der Waals surface area contributed by atoms with E-state index in [1.54, 1.807) is 6.33 Å². The van der Waals surface area contributed by atoms with E-state index in [0.717, 1.165) is 37.6 Å². The zero-order chi connectivity index (χ0) is 13.4. The molecule has 0 spiro atoms. The van der Waals surface area contributed by atoms with Crippen LogP contribution in [0.15, 0.2) is 12.4 Å². The Morgan fingerprint density at radius 3 is 2.78 bits per heavy atom. The van der Waals surface area contributed by atoms with Gasteiger partial charge in [-0.05, 0) is 26.7 Å². The van der Waals surface area contributed by atoms with Crippen LogP contribution in [0.4, 0.5) is 11.6 Å². The molecule has 5 nitrogen and oxygen atoms in total. The Morgan fingerprint density at radius 1 is 1.39 bits per heavy atom. The van der Waals surface area contributed by atoms with Gasteiger partial charge in [0.2, 0.25) is 0 Å². The van der Waals surface area contributed by atoms with Gasteiger partial charge in [0.05, 0.1) is 0 Å². The Kier molecular flexibility index (Phi) is 6.43. The zero-order valence-corrected chi connectivity index (χ0v) is 11.6. The van der Waals surface area contributed by atoms with Crippen LogP contribution in [0.1, 0.15) is 33.6 Å². The molecule has 0 amide bonds. The van der Waals surface area contributed by atoms with E-state index in [-0.39, 0.29) is 6.61 Å². The fourth-order valence-electron chi connectivity index (χ4n) is 1.73. The summed E-state index contributed by atoms with van der Waals surface area (Å²) in [4.78, 5) is 10.7. The number of rotatable bonds is 8. The molecule has 2 N–H and O–H groups in total. The van der Waals surface area contributed by atoms with Gasteiger partial charge in [-0.3, -0.25) is 0 Å². The summed E-state index contributed by atoms with van der Waals surface area (Å²) in [6, 6.07) is 2.32. The first-order chi connectivity index (χ1) is 8.69. The van der Waals surface area contributed by atoms with Crippen LogP contribution in [-0.2, 0) is 0 Å². The van der Waals surface area contributed by atoms with Gasteiger partial charge >= 0.3 is 0 Å². The van der Waals surface area contributed by atoms with Crippen LogP contribution in [-0.4, -0.2) is 40.8 Å². The Hall–Kier alpha value is -1.36. The Balaban J connectivity index is 2.77. The molecular formula is C13H24N4O. The summed E-state index contributed by atoms with van der Waals surface area (Å²) in [5.74, 6) is 1.77. The molecule has 1 aromatic rings. The lowest BCUT2D eigenvalue weighted by Gasteiger charge is -2.27. The number of anilines is 2. The van der Waals surface area contributed by atoms with Gasteiger partial charge in [0.1, 0.15) is 18.0 Å². The maximum atomic E-state index is 8.94. The van der Waals surface area contributed by atoms with Gasteiger partial charge in [0.15, 0.2) is 0 Å². The second kappa shape index (κ2) is 7.87. The minimum Gasteiger partial charge on any atom is -0.396 e. The summed E-state index contributed by atoms with van der Waals surface area (Å²) in [7, 11) is 0. The topological polar surface area (TPSA) is 61.3 Å². The molecule has 0 saturated carbocycles. The molecule has 0 saturated heterocycles. The van der Waals surface area contributed by atoms with Gasteiger partial charge in [0.25, 0.3) is 0 Å². The van der Waals surface area contributed by atoms with Crippen molar-refractivity contribution in [2.24, 2.45) is 0 Å². The number of aliphatic hydroxyl groups is 1. The van der Waals surface area contributed by atoms with Crippen LogP contribution in [0.2, 0.25) is 0 Å². The van der Waals surface area contributed by atoms with Gasteiger partial charge in [-0.25, -0.2) is 9.97 Å². The molecular weight excluding hydrogens is 228 g/mol. The van der Waals surface area contributed by atoms with Gasteiger partial charge in [-0.2, -0.15) is 0 Å². The highest BCUT2D eigenvalue weighted by Crippen LogP contribution is 2.17. The molecule has 102 valence electrons. The Labute approximate surface area is 109 Å². The highest BCUT2D eigenvalue weighted by atomic mass is 16.3. The van der Waals surface area contributed by atoms with Crippen molar-refractivity contribution in [3.05, 3.63) is 12.4 Å². The van der Waals surface area contributed by atoms with E-state index in [4.69, 9.17) is 5.11 Å². The number of aromatic nitrogens is 2. The molecule has 0 aliphatic heterocycles. The summed E-state index contributed by atoms with van der Waals surface area (Å²) in [6.07, 6.45) is 3.40. The van der Waals surface area contributed by atoms with Crippen LogP contribution >= 0.6 is 0 Å².